The molecule has 57 heavy (non-hydrogen) atoms. The van der Waals surface area contributed by atoms with Crippen LogP contribution in [0.2, 0.25) is 0 Å². The molecule has 2 N–H and O–H groups in total. The number of para-hydroxylation sites is 2. The molecule has 14 heteroatoms. The molecule has 2 fully saturated rings. The number of phenols is 2. The predicted octanol–water partition coefficient (Wildman–Crippen LogP) is 9.12. The maximum atomic E-state index is 12.3. The number of aromatic hydroxyl groups is 2. The van der Waals surface area contributed by atoms with Crippen molar-refractivity contribution in [2.24, 2.45) is 5.92 Å². The number of carbonyl (C=O) groups excluding carboxylic acids is 1. The van der Waals surface area contributed by atoms with Gasteiger partial charge in [0.1, 0.15) is 27.0 Å². The average Bonchev–Trinajstić information content (AvgIpc) is 3.96. The topological polar surface area (TPSA) is 141 Å². The fraction of sp³-hybridized carbons (Fsp3) is 0.349. The van der Waals surface area contributed by atoms with Crippen molar-refractivity contribution in [3.63, 3.8) is 0 Å². The van der Waals surface area contributed by atoms with Crippen LogP contribution in [0.3, 0.4) is 0 Å². The van der Waals surface area contributed by atoms with E-state index in [1.54, 1.807) is 45.8 Å². The number of fused-ring (bicyclic) bond motifs is 4. The van der Waals surface area contributed by atoms with E-state index in [2.05, 4.69) is 35.1 Å². The number of hydrogen-bond acceptors (Lipinski definition) is 13. The summed E-state index contributed by atoms with van der Waals surface area (Å²) in [7, 11) is 0. The Morgan fingerprint density at radius 2 is 1.35 bits per heavy atom. The molecule has 2 saturated heterocycles. The van der Waals surface area contributed by atoms with Gasteiger partial charge in [-0.2, -0.15) is 0 Å². The molecule has 2 aliphatic rings. The van der Waals surface area contributed by atoms with Crippen LogP contribution in [0.1, 0.15) is 43.5 Å². The summed E-state index contributed by atoms with van der Waals surface area (Å²) in [5.74, 6) is 3.59. The molecule has 0 radical (unpaired) electrons. The second kappa shape index (κ2) is 16.1. The van der Waals surface area contributed by atoms with E-state index in [9.17, 15) is 15.0 Å². The van der Waals surface area contributed by atoms with Gasteiger partial charge in [0.2, 0.25) is 0 Å². The molecule has 1 amide bonds. The first-order chi connectivity index (χ1) is 27.5. The minimum absolute atomic E-state index is 0.161. The highest BCUT2D eigenvalue weighted by atomic mass is 32.1. The van der Waals surface area contributed by atoms with Crippen molar-refractivity contribution in [1.29, 1.82) is 0 Å². The fourth-order valence-corrected chi connectivity index (χ4v) is 9.56. The highest BCUT2D eigenvalue weighted by Crippen LogP contribution is 2.42. The number of nitrogens with zero attached hydrogens (tertiary/aromatic N) is 8. The van der Waals surface area contributed by atoms with E-state index in [1.807, 2.05) is 51.1 Å². The molecule has 294 valence electrons. The zero-order valence-electron chi connectivity index (χ0n) is 32.8. The number of benzene rings is 2. The Morgan fingerprint density at radius 1 is 0.737 bits per heavy atom. The fourth-order valence-electron chi connectivity index (χ4n) is 7.39. The van der Waals surface area contributed by atoms with Gasteiger partial charge in [-0.1, -0.05) is 38.1 Å². The van der Waals surface area contributed by atoms with Gasteiger partial charge in [0.05, 0.1) is 33.3 Å². The van der Waals surface area contributed by atoms with Crippen LogP contribution in [-0.2, 0) is 4.74 Å². The highest BCUT2D eigenvalue weighted by molar-refractivity contribution is 7.26. The Hall–Kier alpha value is -5.60. The van der Waals surface area contributed by atoms with Crippen molar-refractivity contribution in [3.8, 4) is 34.3 Å². The van der Waals surface area contributed by atoms with Crippen LogP contribution >= 0.6 is 22.7 Å². The molecule has 0 unspecified atom stereocenters. The van der Waals surface area contributed by atoms with Gasteiger partial charge < -0.3 is 29.6 Å². The molecule has 12 nitrogen and oxygen atoms in total. The summed E-state index contributed by atoms with van der Waals surface area (Å²) in [6, 6.07) is 16.5. The lowest BCUT2D eigenvalue weighted by Gasteiger charge is -2.35. The number of thiophene rings is 2. The minimum Gasteiger partial charge on any atom is -0.507 e. The summed E-state index contributed by atoms with van der Waals surface area (Å²) in [4.78, 5) is 44.5. The first-order valence-corrected chi connectivity index (χ1v) is 21.1. The number of hydrogen-bond donors (Lipinski definition) is 2. The molecular formula is C43H46N8O4S2. The lowest BCUT2D eigenvalue weighted by atomic mass is 10.1. The van der Waals surface area contributed by atoms with E-state index in [-0.39, 0.29) is 17.6 Å². The van der Waals surface area contributed by atoms with Gasteiger partial charge in [0.25, 0.3) is 0 Å². The van der Waals surface area contributed by atoms with Gasteiger partial charge in [0, 0.05) is 50.3 Å². The van der Waals surface area contributed by atoms with Crippen molar-refractivity contribution < 1.29 is 19.7 Å². The van der Waals surface area contributed by atoms with E-state index in [1.165, 1.54) is 18.4 Å². The number of piperazine rings is 1. The Morgan fingerprint density at radius 3 is 2.00 bits per heavy atom. The molecule has 0 atom stereocenters. The van der Waals surface area contributed by atoms with Crippen molar-refractivity contribution >= 4 is 71.1 Å². The van der Waals surface area contributed by atoms with Crippen LogP contribution in [0.4, 0.5) is 16.4 Å². The van der Waals surface area contributed by atoms with Crippen molar-refractivity contribution in [1.82, 2.24) is 29.8 Å². The minimum atomic E-state index is -0.252. The molecule has 0 saturated carbocycles. The largest absolute Gasteiger partial charge is 0.507 e. The first-order valence-electron chi connectivity index (χ1n) is 19.4. The second-order valence-corrected chi connectivity index (χ2v) is 16.9. The molecule has 2 aliphatic heterocycles. The highest BCUT2D eigenvalue weighted by Gasteiger charge is 2.27. The lowest BCUT2D eigenvalue weighted by Crippen LogP contribution is -2.49. The van der Waals surface area contributed by atoms with Crippen LogP contribution in [0.25, 0.3) is 53.4 Å². The van der Waals surface area contributed by atoms with E-state index in [4.69, 9.17) is 29.7 Å². The van der Waals surface area contributed by atoms with Gasteiger partial charge in [-0.3, -0.25) is 0 Å². The van der Waals surface area contributed by atoms with Gasteiger partial charge >= 0.3 is 6.09 Å². The van der Waals surface area contributed by atoms with Crippen molar-refractivity contribution in [3.05, 3.63) is 76.8 Å². The van der Waals surface area contributed by atoms with E-state index < -0.39 is 0 Å². The summed E-state index contributed by atoms with van der Waals surface area (Å²) >= 11 is 3.25. The molecule has 7 aromatic rings. The third kappa shape index (κ3) is 7.75. The van der Waals surface area contributed by atoms with E-state index in [0.717, 1.165) is 66.6 Å². The van der Waals surface area contributed by atoms with E-state index >= 15 is 0 Å². The number of amides is 1. The van der Waals surface area contributed by atoms with Crippen LogP contribution < -0.4 is 9.80 Å². The van der Waals surface area contributed by atoms with Crippen LogP contribution in [-0.4, -0.2) is 92.0 Å². The second-order valence-electron chi connectivity index (χ2n) is 15.1. The molecule has 5 aromatic heterocycles. The monoisotopic (exact) mass is 802 g/mol. The summed E-state index contributed by atoms with van der Waals surface area (Å²) in [5.41, 5.74) is 5.54. The average molecular weight is 803 g/mol. The molecule has 7 heterocycles. The summed E-state index contributed by atoms with van der Waals surface area (Å²) in [5, 5.41) is 24.8. The molecule has 2 aromatic carbocycles. The maximum Gasteiger partial charge on any atom is 0.409 e. The number of ether oxygens (including phenoxy) is 1. The standard InChI is InChI=1S/C22H26N4O3S.C21H20N4OS/c1-14(2)12-29-22(28)26-10-8-25(9-11-26)20-18-15(3)13-30-21(18)24-19(23-20)16-6-4-5-7-17(16)27;1-12-11-13(2)22-21-16(12)17-18(27-21)20(25-9-5-6-10-25)24-19(23-17)14-7-3-4-8-15(14)26/h4-7,13-14,27H,8-12H2,1-3H3;3-4,7-8,11,26H,5-6,9-10H2,1-2H3. The van der Waals surface area contributed by atoms with Gasteiger partial charge in [0.15, 0.2) is 17.5 Å². The number of aryl methyl sites for hydroxylation is 3. The third-order valence-corrected chi connectivity index (χ3v) is 12.3. The molecule has 9 rings (SSSR count). The van der Waals surface area contributed by atoms with E-state index in [0.29, 0.717) is 61.5 Å². The summed E-state index contributed by atoms with van der Waals surface area (Å²) in [6.45, 7) is 15.2. The predicted molar refractivity (Wildman–Crippen MR) is 230 cm³/mol. The molecular weight excluding hydrogens is 757 g/mol. The Bertz CT molecular complexity index is 2590. The molecule has 0 spiro atoms. The van der Waals surface area contributed by atoms with Gasteiger partial charge in [-0.25, -0.2) is 29.7 Å². The van der Waals surface area contributed by atoms with Crippen molar-refractivity contribution in [2.45, 2.75) is 47.5 Å². The number of phenolic OH excluding ortho intramolecular Hbond substituents is 2. The van der Waals surface area contributed by atoms with Gasteiger partial charge in [-0.15, -0.1) is 22.7 Å². The zero-order valence-corrected chi connectivity index (χ0v) is 34.5. The normalized spacial score (nSPS) is 14.5. The van der Waals surface area contributed by atoms with Crippen molar-refractivity contribution in [2.75, 3.05) is 55.7 Å². The summed E-state index contributed by atoms with van der Waals surface area (Å²) < 4.78 is 6.46. The number of rotatable bonds is 6. The SMILES string of the molecule is Cc1cc(C)c2c(n1)sc1c(N3CCCC3)nc(-c3ccccc3O)nc12.Cc1csc2nc(-c3ccccc3O)nc(N3CCN(C(=O)OCC(C)C)CC3)c12. The lowest BCUT2D eigenvalue weighted by molar-refractivity contribution is 0.0901. The molecule has 0 aliphatic carbocycles. The number of pyridine rings is 1. The number of carbonyl (C=O) groups is 1. The van der Waals surface area contributed by atoms with Gasteiger partial charge in [-0.05, 0) is 86.4 Å². The zero-order chi connectivity index (χ0) is 39.8. The maximum absolute atomic E-state index is 12.3. The van der Waals surface area contributed by atoms with Crippen LogP contribution in [0, 0.1) is 26.7 Å². The Balaban J connectivity index is 0.000000160. The first kappa shape index (κ1) is 38.3. The Labute approximate surface area is 339 Å². The summed E-state index contributed by atoms with van der Waals surface area (Å²) in [6.07, 6.45) is 2.11. The van der Waals surface area contributed by atoms with Crippen LogP contribution in [0.5, 0.6) is 11.5 Å². The smallest absolute Gasteiger partial charge is 0.409 e. The van der Waals surface area contributed by atoms with Crippen LogP contribution in [0.15, 0.2) is 60.0 Å². The quantitative estimate of drug-likeness (QED) is 0.166. The number of anilines is 2. The third-order valence-electron chi connectivity index (χ3n) is 10.3. The number of aromatic nitrogens is 5. The Kier molecular flexibility index (Phi) is 10.8. The molecule has 0 bridgehead atoms.